The topological polar surface area (TPSA) is 115 Å². The highest BCUT2D eigenvalue weighted by molar-refractivity contribution is 6.40. The van der Waals surface area contributed by atoms with E-state index in [-0.39, 0.29) is 23.1 Å². The lowest BCUT2D eigenvalue weighted by atomic mass is 9.71. The number of carbonyl (C=O) groups is 3. The molecule has 4 heterocycles. The van der Waals surface area contributed by atoms with Crippen molar-refractivity contribution in [1.82, 2.24) is 20.1 Å². The second-order valence-corrected chi connectivity index (χ2v) is 16.8. The maximum absolute atomic E-state index is 14.0. The van der Waals surface area contributed by atoms with Crippen molar-refractivity contribution in [3.05, 3.63) is 93.8 Å². The summed E-state index contributed by atoms with van der Waals surface area (Å²) in [5.74, 6) is 0.390. The number of nitrogens with one attached hydrogen (secondary N) is 1. The summed E-state index contributed by atoms with van der Waals surface area (Å²) in [4.78, 5) is 53.3. The summed E-state index contributed by atoms with van der Waals surface area (Å²) in [5.41, 5.74) is 7.91. The van der Waals surface area contributed by atoms with Gasteiger partial charge in [-0.05, 0) is 123 Å². The Hall–Kier alpha value is -4.21. The number of hydrogen-bond acceptors (Lipinski definition) is 7. The molecule has 4 aliphatic rings. The number of likely N-dealkylation sites (tertiary alicyclic amines) is 2. The number of hydrogen-bond donors (Lipinski definition) is 2. The molecule has 9 heteroatoms. The molecule has 3 aliphatic heterocycles. The summed E-state index contributed by atoms with van der Waals surface area (Å²) in [5, 5.41) is 12.8. The van der Waals surface area contributed by atoms with Crippen LogP contribution in [0.3, 0.4) is 0 Å². The molecule has 1 aliphatic carbocycles. The second-order valence-electron chi connectivity index (χ2n) is 16.8. The summed E-state index contributed by atoms with van der Waals surface area (Å²) in [6, 6.07) is 17.0. The van der Waals surface area contributed by atoms with Crippen molar-refractivity contribution in [1.29, 1.82) is 0 Å². The molecule has 2 fully saturated rings. The molecule has 0 radical (unpaired) electrons. The van der Waals surface area contributed by atoms with Gasteiger partial charge in [-0.1, -0.05) is 51.1 Å². The van der Waals surface area contributed by atoms with Crippen molar-refractivity contribution >= 4 is 29.1 Å². The third-order valence-electron chi connectivity index (χ3n) is 12.0. The number of ketones is 1. The number of rotatable bonds is 11. The van der Waals surface area contributed by atoms with Gasteiger partial charge in [-0.15, -0.1) is 0 Å². The smallest absolute Gasteiger partial charge is 0.335 e. The largest absolute Gasteiger partial charge is 0.478 e. The van der Waals surface area contributed by atoms with Gasteiger partial charge >= 0.3 is 5.97 Å². The molecule has 2 aromatic carbocycles. The average molecular weight is 704 g/mol. The van der Waals surface area contributed by atoms with Gasteiger partial charge in [0.25, 0.3) is 5.91 Å². The lowest BCUT2D eigenvalue weighted by Gasteiger charge is -2.35. The van der Waals surface area contributed by atoms with E-state index in [9.17, 15) is 19.5 Å². The minimum atomic E-state index is -0.897. The first-order valence-corrected chi connectivity index (χ1v) is 19.2. The summed E-state index contributed by atoms with van der Waals surface area (Å²) in [7, 11) is 2.08. The molecule has 0 bridgehead atoms. The number of piperidine rings is 1. The number of pyridine rings is 1. The van der Waals surface area contributed by atoms with E-state index in [0.29, 0.717) is 53.9 Å². The van der Waals surface area contributed by atoms with Crippen LogP contribution in [0, 0.1) is 17.3 Å². The Bertz CT molecular complexity index is 1870. The third-order valence-corrected chi connectivity index (χ3v) is 12.0. The normalized spacial score (nSPS) is 20.4. The van der Waals surface area contributed by atoms with E-state index in [2.05, 4.69) is 49.0 Å². The van der Waals surface area contributed by atoms with E-state index in [1.165, 1.54) is 5.56 Å². The zero-order valence-corrected chi connectivity index (χ0v) is 31.2. The molecule has 1 amide bonds. The Morgan fingerprint density at radius 2 is 1.71 bits per heavy atom. The van der Waals surface area contributed by atoms with E-state index in [1.54, 1.807) is 6.07 Å². The Labute approximate surface area is 307 Å². The van der Waals surface area contributed by atoms with Crippen LogP contribution in [0.2, 0.25) is 0 Å². The number of carbonyl (C=O) groups excluding carboxylic acids is 2. The van der Waals surface area contributed by atoms with Gasteiger partial charge in [0.05, 0.1) is 23.0 Å². The number of carboxylic acid groups (broad SMARTS) is 1. The molecule has 2 N–H and O–H groups in total. The first-order chi connectivity index (χ1) is 24.9. The molecule has 0 saturated carbocycles. The van der Waals surface area contributed by atoms with Crippen LogP contribution >= 0.6 is 0 Å². The predicted molar refractivity (Wildman–Crippen MR) is 204 cm³/mol. The number of Topliss-reactive ketones (excluding diaryl/α,β-unsaturated/α-hetero) is 1. The van der Waals surface area contributed by atoms with Crippen LogP contribution in [0.15, 0.2) is 59.6 Å². The van der Waals surface area contributed by atoms with Gasteiger partial charge in [0.15, 0.2) is 5.78 Å². The number of aryl methyl sites for hydroxylation is 1. The number of aromatic nitrogens is 1. The van der Waals surface area contributed by atoms with Crippen LogP contribution in [0.25, 0.3) is 0 Å². The van der Waals surface area contributed by atoms with Crippen LogP contribution in [0.1, 0.15) is 114 Å². The van der Waals surface area contributed by atoms with Crippen molar-refractivity contribution < 1.29 is 19.5 Å². The summed E-state index contributed by atoms with van der Waals surface area (Å²) < 4.78 is 0. The molecule has 2 atom stereocenters. The molecule has 0 unspecified atom stereocenters. The number of amides is 1. The minimum Gasteiger partial charge on any atom is -0.478 e. The number of aromatic carboxylic acids is 1. The van der Waals surface area contributed by atoms with Crippen LogP contribution in [-0.2, 0) is 24.1 Å². The number of nitrogens with zero attached hydrogens (tertiary/aromatic N) is 4. The monoisotopic (exact) mass is 703 g/mol. The van der Waals surface area contributed by atoms with E-state index >= 15 is 0 Å². The van der Waals surface area contributed by atoms with Gasteiger partial charge in [0.1, 0.15) is 5.71 Å². The first kappa shape index (κ1) is 36.2. The van der Waals surface area contributed by atoms with Gasteiger partial charge < -0.3 is 20.2 Å². The highest BCUT2D eigenvalue weighted by atomic mass is 16.4. The van der Waals surface area contributed by atoms with Gasteiger partial charge in [0.2, 0.25) is 0 Å². The van der Waals surface area contributed by atoms with Gasteiger partial charge in [0, 0.05) is 43.7 Å². The Balaban J connectivity index is 1.04. The lowest BCUT2D eigenvalue weighted by molar-refractivity contribution is -0.115. The van der Waals surface area contributed by atoms with Crippen molar-refractivity contribution in [2.75, 3.05) is 39.8 Å². The SMILES string of the molecule is CN1CC(CC(=O)c2cccc([C@@H](CCN3CCC(c4cccc(C(=O)O)c4)CC3)NC(=O)C3=Nc4cc5c(nc4C3)CC[C@H](C(C)(C)C)C5)c2)C1. The van der Waals surface area contributed by atoms with E-state index in [1.807, 2.05) is 42.5 Å². The maximum Gasteiger partial charge on any atom is 0.335 e. The number of benzene rings is 2. The molecule has 2 saturated heterocycles. The molecule has 274 valence electrons. The Morgan fingerprint density at radius 1 is 0.962 bits per heavy atom. The second kappa shape index (κ2) is 15.0. The highest BCUT2D eigenvalue weighted by Gasteiger charge is 2.33. The molecular weight excluding hydrogens is 651 g/mol. The molecule has 1 aromatic heterocycles. The zero-order valence-electron chi connectivity index (χ0n) is 31.2. The Morgan fingerprint density at radius 3 is 2.44 bits per heavy atom. The van der Waals surface area contributed by atoms with Crippen LogP contribution in [0.4, 0.5) is 5.69 Å². The fraction of sp³-hybridized carbons (Fsp3) is 0.512. The molecule has 0 spiro atoms. The first-order valence-electron chi connectivity index (χ1n) is 19.2. The molecular formula is C43H53N5O4. The van der Waals surface area contributed by atoms with Crippen molar-refractivity contribution in [3.8, 4) is 0 Å². The maximum atomic E-state index is 14.0. The molecule has 52 heavy (non-hydrogen) atoms. The average Bonchev–Trinajstić information content (AvgIpc) is 3.54. The summed E-state index contributed by atoms with van der Waals surface area (Å²) in [6.07, 6.45) is 6.64. The fourth-order valence-corrected chi connectivity index (χ4v) is 8.69. The van der Waals surface area contributed by atoms with Crippen molar-refractivity contribution in [3.63, 3.8) is 0 Å². The highest BCUT2D eigenvalue weighted by Crippen LogP contribution is 2.39. The molecule has 9 nitrogen and oxygen atoms in total. The number of carboxylic acids is 1. The third kappa shape index (κ3) is 8.21. The quantitative estimate of drug-likeness (QED) is 0.211. The van der Waals surface area contributed by atoms with Crippen LogP contribution in [-0.4, -0.2) is 83.0 Å². The van der Waals surface area contributed by atoms with Crippen LogP contribution < -0.4 is 5.32 Å². The summed E-state index contributed by atoms with van der Waals surface area (Å²) in [6.45, 7) is 11.4. The minimum absolute atomic E-state index is 0.151. The molecule has 7 rings (SSSR count). The van der Waals surface area contributed by atoms with Gasteiger partial charge in [-0.3, -0.25) is 14.6 Å². The zero-order chi connectivity index (χ0) is 36.6. The lowest BCUT2D eigenvalue weighted by Crippen LogP contribution is -2.44. The standard InChI is InChI=1S/C43H53N5O4/c1-43(2,3)34-11-12-35-33(22-34)23-37-38(44-35)24-39(45-37)41(50)46-36(30-8-6-9-31(21-30)40(49)19-27-25-47(4)26-27)15-18-48-16-13-28(14-17-48)29-7-5-10-32(20-29)42(51)52/h5-10,20-21,23,27-28,34,36H,11-19,22,24-26H2,1-4H3,(H,46,50)(H,51,52)/t34-,36+/m0/s1. The van der Waals surface area contributed by atoms with Crippen molar-refractivity contribution in [2.45, 2.75) is 84.1 Å². The summed E-state index contributed by atoms with van der Waals surface area (Å²) >= 11 is 0. The van der Waals surface area contributed by atoms with E-state index < -0.39 is 5.97 Å². The van der Waals surface area contributed by atoms with Gasteiger partial charge in [-0.25, -0.2) is 9.79 Å². The van der Waals surface area contributed by atoms with Crippen molar-refractivity contribution in [2.24, 2.45) is 22.2 Å². The number of fused-ring (bicyclic) bond motifs is 2. The van der Waals surface area contributed by atoms with E-state index in [4.69, 9.17) is 9.98 Å². The van der Waals surface area contributed by atoms with E-state index in [0.717, 1.165) is 93.0 Å². The Kier molecular flexibility index (Phi) is 10.5. The van der Waals surface area contributed by atoms with Crippen LogP contribution in [0.5, 0.6) is 0 Å². The predicted octanol–water partition coefficient (Wildman–Crippen LogP) is 6.82. The fourth-order valence-electron chi connectivity index (χ4n) is 8.69. The molecule has 3 aromatic rings. The number of aliphatic imine (C=N–C) groups is 1. The van der Waals surface area contributed by atoms with Gasteiger partial charge in [-0.2, -0.15) is 0 Å².